The number of carbonyl (C=O) groups excluding carboxylic acids is 2. The van der Waals surface area contributed by atoms with E-state index in [-0.39, 0.29) is 25.4 Å². The van der Waals surface area contributed by atoms with Gasteiger partial charge in [-0.05, 0) is 12.5 Å². The summed E-state index contributed by atoms with van der Waals surface area (Å²) in [5.41, 5.74) is 0.875. The van der Waals surface area contributed by atoms with Crippen molar-refractivity contribution in [2.45, 2.75) is 26.0 Å². The third kappa shape index (κ3) is 5.45. The van der Waals surface area contributed by atoms with Crippen LogP contribution in [0.1, 0.15) is 18.9 Å². The zero-order chi connectivity index (χ0) is 13.4. The zero-order valence-electron chi connectivity index (χ0n) is 10.3. The summed E-state index contributed by atoms with van der Waals surface area (Å²) < 4.78 is 4.97. The van der Waals surface area contributed by atoms with Crippen LogP contribution in [0.2, 0.25) is 0 Å². The Labute approximate surface area is 106 Å². The minimum absolute atomic E-state index is 0.0942. The molecule has 1 aromatic carbocycles. The molecule has 5 nitrogen and oxygen atoms in total. The number of ketones is 1. The number of ether oxygens (including phenoxy) is 1. The van der Waals surface area contributed by atoms with Crippen LogP contribution in [0.5, 0.6) is 0 Å². The molecule has 5 heteroatoms. The van der Waals surface area contributed by atoms with Gasteiger partial charge >= 0.3 is 6.09 Å². The summed E-state index contributed by atoms with van der Waals surface area (Å²) in [7, 11) is 0. The van der Waals surface area contributed by atoms with Gasteiger partial charge in [-0.15, -0.1) is 0 Å². The Balaban J connectivity index is 2.34. The minimum atomic E-state index is -0.640. The van der Waals surface area contributed by atoms with Gasteiger partial charge in [-0.3, -0.25) is 4.79 Å². The molecule has 0 aliphatic carbocycles. The van der Waals surface area contributed by atoms with Crippen molar-refractivity contribution >= 4 is 11.9 Å². The monoisotopic (exact) mass is 251 g/mol. The maximum atomic E-state index is 11.4. The van der Waals surface area contributed by atoms with E-state index in [9.17, 15) is 9.59 Å². The highest BCUT2D eigenvalue weighted by molar-refractivity contribution is 5.77. The van der Waals surface area contributed by atoms with Crippen LogP contribution in [-0.2, 0) is 16.1 Å². The normalized spacial score (nSPS) is 11.7. The van der Waals surface area contributed by atoms with Gasteiger partial charge in [-0.25, -0.2) is 4.79 Å². The van der Waals surface area contributed by atoms with E-state index < -0.39 is 12.1 Å². The molecule has 0 unspecified atom stereocenters. The highest BCUT2D eigenvalue weighted by atomic mass is 16.5. The number of aliphatic hydroxyl groups excluding tert-OH is 1. The van der Waals surface area contributed by atoms with Crippen molar-refractivity contribution in [2.24, 2.45) is 0 Å². The Bertz CT molecular complexity index is 391. The molecule has 0 saturated carbocycles. The smallest absolute Gasteiger partial charge is 0.407 e. The third-order valence-corrected chi connectivity index (χ3v) is 2.29. The molecule has 0 fully saturated rings. The van der Waals surface area contributed by atoms with E-state index >= 15 is 0 Å². The lowest BCUT2D eigenvalue weighted by Gasteiger charge is -2.14. The Hall–Kier alpha value is -1.88. The van der Waals surface area contributed by atoms with Crippen LogP contribution in [0, 0.1) is 0 Å². The Morgan fingerprint density at radius 1 is 1.33 bits per heavy atom. The van der Waals surface area contributed by atoms with Gasteiger partial charge in [0.2, 0.25) is 0 Å². The van der Waals surface area contributed by atoms with Crippen molar-refractivity contribution in [1.29, 1.82) is 0 Å². The molecule has 0 aliphatic rings. The Morgan fingerprint density at radius 2 is 2.00 bits per heavy atom. The quantitative estimate of drug-likeness (QED) is 0.798. The van der Waals surface area contributed by atoms with E-state index in [1.54, 1.807) is 0 Å². The second-order valence-corrected chi connectivity index (χ2v) is 3.99. The zero-order valence-corrected chi connectivity index (χ0v) is 10.3. The summed E-state index contributed by atoms with van der Waals surface area (Å²) in [6.45, 7) is 1.27. The topological polar surface area (TPSA) is 75.6 Å². The Morgan fingerprint density at radius 3 is 2.56 bits per heavy atom. The lowest BCUT2D eigenvalue weighted by Crippen LogP contribution is -2.39. The summed E-state index contributed by atoms with van der Waals surface area (Å²) >= 11 is 0. The van der Waals surface area contributed by atoms with E-state index in [1.165, 1.54) is 6.92 Å². The average molecular weight is 251 g/mol. The van der Waals surface area contributed by atoms with E-state index in [4.69, 9.17) is 9.84 Å². The van der Waals surface area contributed by atoms with Crippen LogP contribution in [0.25, 0.3) is 0 Å². The van der Waals surface area contributed by atoms with Gasteiger partial charge in [-0.2, -0.15) is 0 Å². The van der Waals surface area contributed by atoms with Crippen LogP contribution in [-0.4, -0.2) is 29.6 Å². The second kappa shape index (κ2) is 7.45. The lowest BCUT2D eigenvalue weighted by molar-refractivity contribution is -0.117. The third-order valence-electron chi connectivity index (χ3n) is 2.29. The summed E-state index contributed by atoms with van der Waals surface area (Å²) in [4.78, 5) is 22.3. The summed E-state index contributed by atoms with van der Waals surface area (Å²) in [6, 6.07) is 8.66. The molecule has 1 atom stereocenters. The summed E-state index contributed by atoms with van der Waals surface area (Å²) in [6.07, 6.45) is -0.545. The first-order valence-corrected chi connectivity index (χ1v) is 5.69. The molecular weight excluding hydrogens is 234 g/mol. The first-order valence-electron chi connectivity index (χ1n) is 5.69. The van der Waals surface area contributed by atoms with Crippen LogP contribution in [0.15, 0.2) is 30.3 Å². The van der Waals surface area contributed by atoms with Crippen molar-refractivity contribution in [3.8, 4) is 0 Å². The number of nitrogens with one attached hydrogen (secondary N) is 1. The predicted molar refractivity (Wildman–Crippen MR) is 65.9 cm³/mol. The highest BCUT2D eigenvalue weighted by Gasteiger charge is 2.14. The number of alkyl carbamates (subject to hydrolysis) is 1. The minimum Gasteiger partial charge on any atom is -0.445 e. The molecule has 0 heterocycles. The molecular formula is C13H17NO4. The van der Waals surface area contributed by atoms with Crippen LogP contribution < -0.4 is 5.32 Å². The number of benzene rings is 1. The molecule has 1 rings (SSSR count). The first kappa shape index (κ1) is 14.2. The maximum absolute atomic E-state index is 11.4. The fourth-order valence-electron chi connectivity index (χ4n) is 1.44. The van der Waals surface area contributed by atoms with Gasteiger partial charge in [0.15, 0.2) is 0 Å². The molecule has 0 aromatic heterocycles. The summed E-state index contributed by atoms with van der Waals surface area (Å²) in [5.74, 6) is -0.0996. The van der Waals surface area contributed by atoms with Crippen LogP contribution >= 0.6 is 0 Å². The number of Topliss-reactive ketones (excluding diaryl/α,β-unsaturated/α-hetero) is 1. The van der Waals surface area contributed by atoms with Crippen molar-refractivity contribution in [3.05, 3.63) is 35.9 Å². The molecule has 0 spiro atoms. The van der Waals surface area contributed by atoms with E-state index in [0.717, 1.165) is 5.56 Å². The average Bonchev–Trinajstić information content (AvgIpc) is 2.36. The van der Waals surface area contributed by atoms with Crippen LogP contribution in [0.4, 0.5) is 4.79 Å². The fraction of sp³-hybridized carbons (Fsp3) is 0.385. The largest absolute Gasteiger partial charge is 0.445 e. The highest BCUT2D eigenvalue weighted by Crippen LogP contribution is 2.01. The number of carbonyl (C=O) groups is 2. The molecule has 0 radical (unpaired) electrons. The first-order chi connectivity index (χ1) is 8.61. The van der Waals surface area contributed by atoms with Gasteiger partial charge < -0.3 is 15.2 Å². The molecule has 98 valence electrons. The van der Waals surface area contributed by atoms with Crippen molar-refractivity contribution < 1.29 is 19.4 Å². The number of hydrogen-bond acceptors (Lipinski definition) is 4. The SMILES string of the molecule is CC(=O)C[C@@H](CO)NC(=O)OCc1ccccc1. The van der Waals surface area contributed by atoms with Gasteiger partial charge in [0, 0.05) is 6.42 Å². The van der Waals surface area contributed by atoms with Crippen LogP contribution in [0.3, 0.4) is 0 Å². The predicted octanol–water partition coefficient (Wildman–Crippen LogP) is 1.25. The van der Waals surface area contributed by atoms with Crippen molar-refractivity contribution in [1.82, 2.24) is 5.32 Å². The molecule has 1 aromatic rings. The molecule has 2 N–H and O–H groups in total. The number of amides is 1. The molecule has 0 saturated heterocycles. The van der Waals surface area contributed by atoms with Crippen molar-refractivity contribution in [3.63, 3.8) is 0 Å². The van der Waals surface area contributed by atoms with Gasteiger partial charge in [0.1, 0.15) is 12.4 Å². The number of aliphatic hydroxyl groups is 1. The van der Waals surface area contributed by atoms with E-state index in [1.807, 2.05) is 30.3 Å². The second-order valence-electron chi connectivity index (χ2n) is 3.99. The van der Waals surface area contributed by atoms with Crippen molar-refractivity contribution in [2.75, 3.05) is 6.61 Å². The van der Waals surface area contributed by atoms with Gasteiger partial charge in [0.05, 0.1) is 12.6 Å². The van der Waals surface area contributed by atoms with Gasteiger partial charge in [0.25, 0.3) is 0 Å². The Kier molecular flexibility index (Phi) is 5.87. The summed E-state index contributed by atoms with van der Waals surface area (Å²) in [5, 5.41) is 11.4. The lowest BCUT2D eigenvalue weighted by atomic mass is 10.2. The van der Waals surface area contributed by atoms with E-state index in [2.05, 4.69) is 5.32 Å². The van der Waals surface area contributed by atoms with Gasteiger partial charge in [-0.1, -0.05) is 30.3 Å². The number of rotatable bonds is 6. The molecule has 1 amide bonds. The van der Waals surface area contributed by atoms with E-state index in [0.29, 0.717) is 0 Å². The number of hydrogen-bond donors (Lipinski definition) is 2. The molecule has 0 bridgehead atoms. The maximum Gasteiger partial charge on any atom is 0.407 e. The molecule has 18 heavy (non-hydrogen) atoms. The fourth-order valence-corrected chi connectivity index (χ4v) is 1.44. The standard InChI is InChI=1S/C13H17NO4/c1-10(16)7-12(8-15)14-13(17)18-9-11-5-3-2-4-6-11/h2-6,12,15H,7-9H2,1H3,(H,14,17)/t12-/m0/s1. The molecule has 0 aliphatic heterocycles.